The summed E-state index contributed by atoms with van der Waals surface area (Å²) in [4.78, 5) is 16.3. The molecular weight excluding hydrogens is 384 g/mol. The van der Waals surface area contributed by atoms with Gasteiger partial charge in [0.25, 0.3) is 0 Å². The minimum absolute atomic E-state index is 0.0146. The van der Waals surface area contributed by atoms with Gasteiger partial charge in [-0.25, -0.2) is 20.0 Å². The Bertz CT molecular complexity index is 1450. The third-order valence-electron chi connectivity index (χ3n) is 3.85. The van der Waals surface area contributed by atoms with Gasteiger partial charge < -0.3 is 5.32 Å². The van der Waals surface area contributed by atoms with Crippen LogP contribution in [0.2, 0.25) is 0 Å². The molecule has 1 aliphatic heterocycles. The molecule has 2 aromatic rings. The van der Waals surface area contributed by atoms with E-state index in [1.165, 1.54) is 12.1 Å². The zero-order valence-corrected chi connectivity index (χ0v) is 14.6. The van der Waals surface area contributed by atoms with Gasteiger partial charge in [-0.2, -0.15) is 31.6 Å². The molecule has 0 saturated carbocycles. The highest BCUT2D eigenvalue weighted by atomic mass is 15.0. The van der Waals surface area contributed by atoms with Crippen molar-refractivity contribution >= 4 is 45.2 Å². The van der Waals surface area contributed by atoms with Crippen LogP contribution in [0.5, 0.6) is 0 Å². The summed E-state index contributed by atoms with van der Waals surface area (Å²) in [5.41, 5.74) is -1.77. The molecule has 136 valence electrons. The Kier molecular flexibility index (Phi) is 4.78. The summed E-state index contributed by atoms with van der Waals surface area (Å²) in [5, 5.41) is 65.4. The number of nitrogens with one attached hydrogen (secondary N) is 2. The van der Waals surface area contributed by atoms with E-state index in [9.17, 15) is 26.3 Å². The highest BCUT2D eigenvalue weighted by Gasteiger charge is 2.27. The van der Waals surface area contributed by atoms with E-state index in [-0.39, 0.29) is 45.2 Å². The highest BCUT2D eigenvalue weighted by Crippen LogP contribution is 2.41. The van der Waals surface area contributed by atoms with Crippen LogP contribution in [0.25, 0.3) is 11.0 Å². The van der Waals surface area contributed by atoms with E-state index >= 15 is 0 Å². The largest absolute Gasteiger partial charge is 0.362 e. The fourth-order valence-electron chi connectivity index (χ4n) is 2.55. The Labute approximate surface area is 168 Å². The summed E-state index contributed by atoms with van der Waals surface area (Å²) in [6.07, 6.45) is 0. The molecule has 0 amide bonds. The maximum Gasteiger partial charge on any atom is 0.177 e. The SMILES string of the molecule is N#CC(=N)C(C#N)=Nc1cc2c(c3nc(C#N)c(C#N)nc13)N=C(C#N)C(C#N)N2. The molecule has 0 radical (unpaired) electrons. The fourth-order valence-corrected chi connectivity index (χ4v) is 2.55. The second-order valence-corrected chi connectivity index (χ2v) is 5.51. The molecule has 0 spiro atoms. The lowest BCUT2D eigenvalue weighted by molar-refractivity contribution is 1.13. The third-order valence-corrected chi connectivity index (χ3v) is 3.85. The monoisotopic (exact) mass is 388 g/mol. The molecule has 30 heavy (non-hydrogen) atoms. The molecule has 1 atom stereocenters. The van der Waals surface area contributed by atoms with Gasteiger partial charge in [0.2, 0.25) is 0 Å². The van der Waals surface area contributed by atoms with Crippen LogP contribution in [0.1, 0.15) is 11.4 Å². The summed E-state index contributed by atoms with van der Waals surface area (Å²) in [5.74, 6) is 0. The summed E-state index contributed by atoms with van der Waals surface area (Å²) in [6, 6.07) is 10.6. The Balaban J connectivity index is 2.48. The molecule has 1 aliphatic rings. The van der Waals surface area contributed by atoms with Crippen molar-refractivity contribution in [1.82, 2.24) is 9.97 Å². The van der Waals surface area contributed by atoms with Crippen LogP contribution in [0.4, 0.5) is 17.1 Å². The maximum absolute atomic E-state index is 9.26. The zero-order chi connectivity index (χ0) is 21.8. The number of anilines is 1. The van der Waals surface area contributed by atoms with Crippen LogP contribution in [0.3, 0.4) is 0 Å². The lowest BCUT2D eigenvalue weighted by Gasteiger charge is -2.20. The van der Waals surface area contributed by atoms with E-state index in [2.05, 4.69) is 25.3 Å². The summed E-state index contributed by atoms with van der Waals surface area (Å²) < 4.78 is 0. The van der Waals surface area contributed by atoms with Gasteiger partial charge in [-0.1, -0.05) is 0 Å². The number of nitrogens with zero attached hydrogens (tertiary/aromatic N) is 10. The van der Waals surface area contributed by atoms with Gasteiger partial charge >= 0.3 is 0 Å². The summed E-state index contributed by atoms with van der Waals surface area (Å²) in [7, 11) is 0. The fraction of sp³-hybridized carbons (Fsp3) is 0.0556. The van der Waals surface area contributed by atoms with Crippen molar-refractivity contribution in [2.24, 2.45) is 9.98 Å². The lowest BCUT2D eigenvalue weighted by Crippen LogP contribution is -2.29. The molecule has 0 aliphatic carbocycles. The molecule has 2 heterocycles. The van der Waals surface area contributed by atoms with Gasteiger partial charge in [-0.3, -0.25) is 5.41 Å². The van der Waals surface area contributed by atoms with Gasteiger partial charge in [-0.15, -0.1) is 0 Å². The smallest absolute Gasteiger partial charge is 0.177 e. The van der Waals surface area contributed by atoms with E-state index in [4.69, 9.17) is 10.7 Å². The van der Waals surface area contributed by atoms with E-state index in [0.717, 1.165) is 0 Å². The Morgan fingerprint density at radius 3 is 2.17 bits per heavy atom. The lowest BCUT2D eigenvalue weighted by atomic mass is 10.1. The molecule has 3 rings (SSSR count). The van der Waals surface area contributed by atoms with E-state index in [0.29, 0.717) is 0 Å². The van der Waals surface area contributed by atoms with Crippen LogP contribution >= 0.6 is 0 Å². The van der Waals surface area contributed by atoms with E-state index in [1.807, 2.05) is 6.07 Å². The summed E-state index contributed by atoms with van der Waals surface area (Å²) >= 11 is 0. The highest BCUT2D eigenvalue weighted by molar-refractivity contribution is 6.52. The standard InChI is InChI=1S/C18H4N12/c19-2-8(25)11(3-20)26-9-1-10-17(28-13(5-22)12(4-21)27-10)18-16(9)29-14(6-23)15(7-24)30-18/h1,12,25,27H. The van der Waals surface area contributed by atoms with Crippen molar-refractivity contribution < 1.29 is 0 Å². The van der Waals surface area contributed by atoms with Gasteiger partial charge in [0.15, 0.2) is 34.6 Å². The number of hydrogen-bond donors (Lipinski definition) is 2. The number of aromatic nitrogens is 2. The molecule has 2 N–H and O–H groups in total. The normalized spacial score (nSPS) is 14.3. The van der Waals surface area contributed by atoms with Crippen molar-refractivity contribution in [2.75, 3.05) is 5.32 Å². The molecule has 12 heteroatoms. The van der Waals surface area contributed by atoms with Gasteiger partial charge in [0.05, 0.1) is 17.4 Å². The Morgan fingerprint density at radius 2 is 1.63 bits per heavy atom. The molecule has 1 unspecified atom stereocenters. The Morgan fingerprint density at radius 1 is 0.967 bits per heavy atom. The minimum Gasteiger partial charge on any atom is -0.362 e. The van der Waals surface area contributed by atoms with Crippen LogP contribution in [0.15, 0.2) is 16.1 Å². The van der Waals surface area contributed by atoms with Crippen LogP contribution < -0.4 is 5.32 Å². The van der Waals surface area contributed by atoms with Crippen molar-refractivity contribution in [3.8, 4) is 36.4 Å². The average Bonchev–Trinajstić information content (AvgIpc) is 2.79. The molecule has 0 saturated heterocycles. The Hall–Kier alpha value is -5.69. The topological polar surface area (TPSA) is 229 Å². The average molecular weight is 388 g/mol. The predicted molar refractivity (Wildman–Crippen MR) is 101 cm³/mol. The molecule has 0 fully saturated rings. The van der Waals surface area contributed by atoms with Crippen molar-refractivity contribution in [3.63, 3.8) is 0 Å². The van der Waals surface area contributed by atoms with E-state index in [1.54, 1.807) is 24.3 Å². The molecule has 1 aromatic carbocycles. The van der Waals surface area contributed by atoms with Crippen LogP contribution in [-0.4, -0.2) is 33.1 Å². The van der Waals surface area contributed by atoms with Crippen molar-refractivity contribution in [2.45, 2.75) is 6.04 Å². The first-order valence-electron chi connectivity index (χ1n) is 7.82. The predicted octanol–water partition coefficient (Wildman–Crippen LogP) is 1.43. The quantitative estimate of drug-likeness (QED) is 0.707. The number of benzene rings is 1. The first kappa shape index (κ1) is 19.1. The third kappa shape index (κ3) is 2.98. The first-order chi connectivity index (χ1) is 14.5. The molecular formula is C18H4N12. The van der Waals surface area contributed by atoms with E-state index < -0.39 is 17.5 Å². The van der Waals surface area contributed by atoms with Crippen LogP contribution in [-0.2, 0) is 0 Å². The first-order valence-corrected chi connectivity index (χ1v) is 7.82. The molecule has 12 nitrogen and oxygen atoms in total. The van der Waals surface area contributed by atoms with Gasteiger partial charge in [0.1, 0.15) is 47.1 Å². The number of nitriles is 6. The summed E-state index contributed by atoms with van der Waals surface area (Å²) in [6.45, 7) is 0. The second kappa shape index (κ2) is 7.51. The zero-order valence-electron chi connectivity index (χ0n) is 14.6. The van der Waals surface area contributed by atoms with Crippen LogP contribution in [0, 0.1) is 73.4 Å². The van der Waals surface area contributed by atoms with Crippen molar-refractivity contribution in [1.29, 1.82) is 37.0 Å². The number of hydrogen-bond acceptors (Lipinski definition) is 12. The molecule has 0 bridgehead atoms. The molecule has 1 aromatic heterocycles. The number of fused-ring (bicyclic) bond motifs is 3. The second-order valence-electron chi connectivity index (χ2n) is 5.51. The number of aliphatic imine (C=N–C) groups is 2. The van der Waals surface area contributed by atoms with Crippen molar-refractivity contribution in [3.05, 3.63) is 17.5 Å². The number of rotatable bonds is 2. The van der Waals surface area contributed by atoms with Gasteiger partial charge in [0, 0.05) is 0 Å². The maximum atomic E-state index is 9.26. The minimum atomic E-state index is -1.06. The van der Waals surface area contributed by atoms with Gasteiger partial charge in [-0.05, 0) is 6.07 Å².